The SMILES string of the molecule is [CH2][SH](C)c1nncs1. The molecule has 1 aromatic heterocycles. The molecule has 4 heteroatoms. The molecular formula is C4H7N2S2. The third-order valence-corrected chi connectivity index (χ3v) is 3.16. The summed E-state index contributed by atoms with van der Waals surface area (Å²) in [6, 6.07) is 0. The lowest BCUT2D eigenvalue weighted by atomic mass is 11.6. The van der Waals surface area contributed by atoms with Crippen molar-refractivity contribution in [1.29, 1.82) is 0 Å². The van der Waals surface area contributed by atoms with Crippen LogP contribution < -0.4 is 0 Å². The molecule has 0 aliphatic rings. The molecule has 1 heterocycles. The molecule has 0 spiro atoms. The third kappa shape index (κ3) is 1.20. The first-order chi connectivity index (χ1) is 3.80. The van der Waals surface area contributed by atoms with E-state index < -0.39 is 0 Å². The van der Waals surface area contributed by atoms with E-state index in [-0.39, 0.29) is 10.9 Å². The average molecular weight is 147 g/mol. The van der Waals surface area contributed by atoms with Gasteiger partial charge in [0.05, 0.1) is 0 Å². The van der Waals surface area contributed by atoms with Crippen LogP contribution in [0.5, 0.6) is 0 Å². The highest BCUT2D eigenvalue weighted by atomic mass is 32.2. The van der Waals surface area contributed by atoms with Crippen LogP contribution in [0.15, 0.2) is 9.85 Å². The molecule has 45 valence electrons. The van der Waals surface area contributed by atoms with E-state index in [0.717, 1.165) is 4.34 Å². The zero-order chi connectivity index (χ0) is 5.98. The molecule has 1 aromatic rings. The third-order valence-electron chi connectivity index (χ3n) is 0.675. The molecule has 0 amide bonds. The van der Waals surface area contributed by atoms with Crippen molar-refractivity contribution < 1.29 is 0 Å². The largest absolute Gasteiger partial charge is 0.201 e. The topological polar surface area (TPSA) is 25.8 Å². The number of aromatic nitrogens is 2. The number of thiol groups is 1. The maximum atomic E-state index is 3.85. The van der Waals surface area contributed by atoms with E-state index in [1.807, 2.05) is 0 Å². The summed E-state index contributed by atoms with van der Waals surface area (Å²) in [4.78, 5) is 0. The van der Waals surface area contributed by atoms with Crippen molar-refractivity contribution in [2.45, 2.75) is 4.34 Å². The predicted molar refractivity (Wildman–Crippen MR) is 38.4 cm³/mol. The van der Waals surface area contributed by atoms with Gasteiger partial charge in [-0.05, 0) is 12.5 Å². The lowest BCUT2D eigenvalue weighted by molar-refractivity contribution is 1.01. The van der Waals surface area contributed by atoms with Crippen LogP contribution in [0.2, 0.25) is 0 Å². The Kier molecular flexibility index (Phi) is 1.85. The van der Waals surface area contributed by atoms with Crippen LogP contribution in [0.25, 0.3) is 0 Å². The number of hydrogen-bond acceptors (Lipinski definition) is 3. The first-order valence-corrected chi connectivity index (χ1v) is 4.96. The minimum atomic E-state index is -0.264. The van der Waals surface area contributed by atoms with Gasteiger partial charge in [0.2, 0.25) is 0 Å². The van der Waals surface area contributed by atoms with E-state index in [9.17, 15) is 0 Å². The fourth-order valence-corrected chi connectivity index (χ4v) is 1.68. The van der Waals surface area contributed by atoms with Crippen LogP contribution in [-0.2, 0) is 0 Å². The van der Waals surface area contributed by atoms with Crippen molar-refractivity contribution in [2.75, 3.05) is 6.26 Å². The van der Waals surface area contributed by atoms with Crippen molar-refractivity contribution in [1.82, 2.24) is 10.2 Å². The predicted octanol–water partition coefficient (Wildman–Crippen LogP) is 1.32. The molecule has 0 aliphatic carbocycles. The standard InChI is InChI=1S/C4H7N2S2/c1-8(2)4-6-5-3-7-4/h3,8H,1H2,2H3. The minimum Gasteiger partial charge on any atom is -0.201 e. The van der Waals surface area contributed by atoms with Gasteiger partial charge in [0.1, 0.15) is 5.51 Å². The molecule has 0 saturated carbocycles. The van der Waals surface area contributed by atoms with Gasteiger partial charge in [0.15, 0.2) is 4.34 Å². The van der Waals surface area contributed by atoms with Crippen LogP contribution in [0.4, 0.5) is 0 Å². The lowest BCUT2D eigenvalue weighted by Crippen LogP contribution is -1.72. The normalized spacial score (nSPS) is 11.5. The van der Waals surface area contributed by atoms with Crippen LogP contribution in [-0.4, -0.2) is 16.5 Å². The summed E-state index contributed by atoms with van der Waals surface area (Å²) in [5.41, 5.74) is 1.74. The van der Waals surface area contributed by atoms with Gasteiger partial charge in [0.25, 0.3) is 0 Å². The summed E-state index contributed by atoms with van der Waals surface area (Å²) in [6.45, 7) is 0. The number of rotatable bonds is 1. The zero-order valence-corrected chi connectivity index (χ0v) is 6.25. The van der Waals surface area contributed by atoms with Gasteiger partial charge in [-0.25, -0.2) is 10.9 Å². The van der Waals surface area contributed by atoms with Gasteiger partial charge in [0, 0.05) is 0 Å². The molecule has 8 heavy (non-hydrogen) atoms. The Morgan fingerprint density at radius 3 is 2.88 bits per heavy atom. The first kappa shape index (κ1) is 6.04. The van der Waals surface area contributed by atoms with Gasteiger partial charge < -0.3 is 0 Å². The zero-order valence-electron chi connectivity index (χ0n) is 4.53. The summed E-state index contributed by atoms with van der Waals surface area (Å²) < 4.78 is 1.07. The van der Waals surface area contributed by atoms with Crippen LogP contribution in [0, 0.1) is 6.26 Å². The van der Waals surface area contributed by atoms with E-state index in [2.05, 4.69) is 22.7 Å². The van der Waals surface area contributed by atoms with Crippen molar-refractivity contribution in [2.24, 2.45) is 0 Å². The first-order valence-electron chi connectivity index (χ1n) is 2.11. The van der Waals surface area contributed by atoms with Crippen LogP contribution in [0.3, 0.4) is 0 Å². The van der Waals surface area contributed by atoms with Crippen molar-refractivity contribution in [3.8, 4) is 0 Å². The summed E-state index contributed by atoms with van der Waals surface area (Å²) in [5, 5.41) is 7.54. The molecule has 1 rings (SSSR count). The number of nitrogens with zero attached hydrogens (tertiary/aromatic N) is 2. The molecule has 0 saturated heterocycles. The van der Waals surface area contributed by atoms with Gasteiger partial charge in [-0.2, -0.15) is 0 Å². The highest BCUT2D eigenvalue weighted by Crippen LogP contribution is 2.30. The Morgan fingerprint density at radius 1 is 1.88 bits per heavy atom. The van der Waals surface area contributed by atoms with Gasteiger partial charge in [-0.15, -0.1) is 10.2 Å². The summed E-state index contributed by atoms with van der Waals surface area (Å²) in [7, 11) is -0.264. The highest BCUT2D eigenvalue weighted by Gasteiger charge is 1.95. The van der Waals surface area contributed by atoms with E-state index in [1.165, 1.54) is 0 Å². The van der Waals surface area contributed by atoms with Crippen molar-refractivity contribution in [3.05, 3.63) is 11.8 Å². The highest BCUT2D eigenvalue weighted by molar-refractivity contribution is 8.18. The molecule has 1 atom stereocenters. The molecule has 2 nitrogen and oxygen atoms in total. The molecule has 1 unspecified atom stereocenters. The van der Waals surface area contributed by atoms with E-state index in [4.69, 9.17) is 0 Å². The minimum absolute atomic E-state index is 0.264. The molecule has 0 aliphatic heterocycles. The maximum Gasteiger partial charge on any atom is 0.154 e. The Labute approximate surface area is 55.3 Å². The monoisotopic (exact) mass is 147 g/mol. The van der Waals surface area contributed by atoms with Gasteiger partial charge in [-0.3, -0.25) is 0 Å². The summed E-state index contributed by atoms with van der Waals surface area (Å²) in [6.07, 6.45) is 5.92. The Bertz CT molecular complexity index is 147. The smallest absolute Gasteiger partial charge is 0.154 e. The van der Waals surface area contributed by atoms with Gasteiger partial charge in [-0.1, -0.05) is 11.3 Å². The summed E-state index contributed by atoms with van der Waals surface area (Å²) in [5.74, 6) is 0. The molecule has 1 radical (unpaired) electrons. The lowest BCUT2D eigenvalue weighted by Gasteiger charge is -1.98. The Hall–Kier alpha value is -0.0900. The van der Waals surface area contributed by atoms with Crippen molar-refractivity contribution >= 4 is 22.2 Å². The van der Waals surface area contributed by atoms with E-state index in [1.54, 1.807) is 16.8 Å². The molecule has 0 bridgehead atoms. The maximum absolute atomic E-state index is 3.85. The number of hydrogen-bond donors (Lipinski definition) is 1. The fourth-order valence-electron chi connectivity index (χ4n) is 0.334. The van der Waals surface area contributed by atoms with E-state index >= 15 is 0 Å². The molecule has 0 aromatic carbocycles. The second-order valence-electron chi connectivity index (χ2n) is 1.42. The quantitative estimate of drug-likeness (QED) is 0.606. The van der Waals surface area contributed by atoms with Gasteiger partial charge >= 0.3 is 0 Å². The Balaban J connectivity index is 2.77. The van der Waals surface area contributed by atoms with E-state index in [0.29, 0.717) is 0 Å². The Morgan fingerprint density at radius 2 is 2.62 bits per heavy atom. The second-order valence-corrected chi connectivity index (χ2v) is 4.37. The fraction of sp³-hybridized carbons (Fsp3) is 0.250. The average Bonchev–Trinajstić information content (AvgIpc) is 2.12. The molecular weight excluding hydrogens is 140 g/mol. The van der Waals surface area contributed by atoms with Crippen LogP contribution in [0.1, 0.15) is 0 Å². The van der Waals surface area contributed by atoms with Crippen molar-refractivity contribution in [3.63, 3.8) is 0 Å². The second kappa shape index (κ2) is 2.46. The molecule has 0 fully saturated rings. The summed E-state index contributed by atoms with van der Waals surface area (Å²) >= 11 is 1.58. The molecule has 0 N–H and O–H groups in total. The van der Waals surface area contributed by atoms with Crippen LogP contribution >= 0.6 is 22.2 Å².